The third-order valence-corrected chi connectivity index (χ3v) is 3.15. The number of amides is 1. The van der Waals surface area contributed by atoms with Gasteiger partial charge in [-0.25, -0.2) is 0 Å². The molecule has 18 heavy (non-hydrogen) atoms. The van der Waals surface area contributed by atoms with Crippen molar-refractivity contribution in [3.05, 3.63) is 35.4 Å². The number of hydrogen-bond donors (Lipinski definition) is 2. The van der Waals surface area contributed by atoms with Gasteiger partial charge in [-0.15, -0.1) is 0 Å². The number of carboxylic acid groups (broad SMARTS) is 1. The maximum absolute atomic E-state index is 11.5. The molecule has 0 saturated heterocycles. The number of benzene rings is 1. The molecule has 0 saturated carbocycles. The third-order valence-electron chi connectivity index (χ3n) is 3.15. The Hall–Kier alpha value is -1.88. The van der Waals surface area contributed by atoms with E-state index in [0.29, 0.717) is 6.54 Å². The Morgan fingerprint density at radius 1 is 1.28 bits per heavy atom. The molecule has 2 N–H and O–H groups in total. The van der Waals surface area contributed by atoms with Crippen molar-refractivity contribution in [1.29, 1.82) is 0 Å². The second-order valence-electron chi connectivity index (χ2n) is 4.52. The van der Waals surface area contributed by atoms with Gasteiger partial charge < -0.3 is 20.1 Å². The SMILES string of the molecule is O=C([O-])CNC(=O)C[NH+]1CCc2ccccc2C1. The molecule has 1 aromatic rings. The zero-order valence-electron chi connectivity index (χ0n) is 10.1. The fraction of sp³-hybridized carbons (Fsp3) is 0.385. The Morgan fingerprint density at radius 3 is 2.72 bits per heavy atom. The number of rotatable bonds is 4. The van der Waals surface area contributed by atoms with Gasteiger partial charge in [0.25, 0.3) is 5.91 Å². The Morgan fingerprint density at radius 2 is 2.00 bits per heavy atom. The van der Waals surface area contributed by atoms with Crippen LogP contribution in [0.2, 0.25) is 0 Å². The Bertz CT molecular complexity index is 459. The fourth-order valence-electron chi connectivity index (χ4n) is 2.25. The molecular weight excluding hydrogens is 232 g/mol. The zero-order valence-corrected chi connectivity index (χ0v) is 10.1. The van der Waals surface area contributed by atoms with Crippen molar-refractivity contribution in [2.24, 2.45) is 0 Å². The van der Waals surface area contributed by atoms with Crippen molar-refractivity contribution < 1.29 is 19.6 Å². The summed E-state index contributed by atoms with van der Waals surface area (Å²) in [5.74, 6) is -1.50. The smallest absolute Gasteiger partial charge is 0.275 e. The number of carbonyl (C=O) groups is 2. The van der Waals surface area contributed by atoms with Crippen LogP contribution in [0.3, 0.4) is 0 Å². The monoisotopic (exact) mass is 248 g/mol. The average molecular weight is 248 g/mol. The van der Waals surface area contributed by atoms with Gasteiger partial charge in [0.2, 0.25) is 0 Å². The van der Waals surface area contributed by atoms with Gasteiger partial charge >= 0.3 is 0 Å². The summed E-state index contributed by atoms with van der Waals surface area (Å²) in [6.45, 7) is 1.61. The van der Waals surface area contributed by atoms with Gasteiger partial charge in [0, 0.05) is 12.0 Å². The highest BCUT2D eigenvalue weighted by atomic mass is 16.4. The molecular formula is C13H16N2O3. The minimum absolute atomic E-state index is 0.242. The molecule has 1 heterocycles. The van der Waals surface area contributed by atoms with Gasteiger partial charge in [-0.1, -0.05) is 24.3 Å². The van der Waals surface area contributed by atoms with Gasteiger partial charge in [-0.05, 0) is 5.56 Å². The molecule has 1 aliphatic heterocycles. The minimum Gasteiger partial charge on any atom is -0.548 e. The van der Waals surface area contributed by atoms with Crippen LogP contribution in [0.15, 0.2) is 24.3 Å². The first-order valence-electron chi connectivity index (χ1n) is 6.02. The summed E-state index contributed by atoms with van der Waals surface area (Å²) >= 11 is 0. The molecule has 5 heteroatoms. The fourth-order valence-corrected chi connectivity index (χ4v) is 2.25. The van der Waals surface area contributed by atoms with Crippen LogP contribution in [0.5, 0.6) is 0 Å². The molecule has 1 aromatic carbocycles. The van der Waals surface area contributed by atoms with Crippen LogP contribution in [0.25, 0.3) is 0 Å². The quantitative estimate of drug-likeness (QED) is 0.618. The van der Waals surface area contributed by atoms with Crippen molar-refractivity contribution >= 4 is 11.9 Å². The lowest BCUT2D eigenvalue weighted by atomic mass is 10.00. The second-order valence-corrected chi connectivity index (χ2v) is 4.52. The Kier molecular flexibility index (Phi) is 3.94. The highest BCUT2D eigenvalue weighted by molar-refractivity contribution is 5.81. The van der Waals surface area contributed by atoms with Crippen LogP contribution < -0.4 is 15.3 Å². The number of fused-ring (bicyclic) bond motifs is 1. The van der Waals surface area contributed by atoms with E-state index in [1.54, 1.807) is 0 Å². The molecule has 0 aliphatic carbocycles. The molecule has 96 valence electrons. The average Bonchev–Trinajstić information content (AvgIpc) is 2.36. The zero-order chi connectivity index (χ0) is 13.0. The van der Waals surface area contributed by atoms with E-state index >= 15 is 0 Å². The van der Waals surface area contributed by atoms with Crippen molar-refractivity contribution in [1.82, 2.24) is 5.32 Å². The van der Waals surface area contributed by atoms with E-state index in [-0.39, 0.29) is 5.91 Å². The Labute approximate surface area is 105 Å². The first-order chi connectivity index (χ1) is 8.65. The summed E-state index contributed by atoms with van der Waals surface area (Å²) < 4.78 is 0. The van der Waals surface area contributed by atoms with Crippen LogP contribution in [-0.4, -0.2) is 31.5 Å². The molecule has 0 aromatic heterocycles. The summed E-state index contributed by atoms with van der Waals surface area (Å²) in [6, 6.07) is 8.21. The predicted molar refractivity (Wildman–Crippen MR) is 62.6 cm³/mol. The summed E-state index contributed by atoms with van der Waals surface area (Å²) in [5, 5.41) is 12.6. The Balaban J connectivity index is 1.86. The molecule has 0 bridgehead atoms. The molecule has 2 rings (SSSR count). The molecule has 1 atom stereocenters. The number of quaternary nitrogens is 1. The summed E-state index contributed by atoms with van der Waals surface area (Å²) in [4.78, 5) is 22.9. The van der Waals surface area contributed by atoms with E-state index in [9.17, 15) is 14.7 Å². The molecule has 0 radical (unpaired) electrons. The number of nitrogens with one attached hydrogen (secondary N) is 2. The van der Waals surface area contributed by atoms with Crippen LogP contribution in [-0.2, 0) is 22.6 Å². The normalized spacial score (nSPS) is 17.9. The lowest BCUT2D eigenvalue weighted by molar-refractivity contribution is -0.908. The molecule has 0 fully saturated rings. The maximum atomic E-state index is 11.5. The van der Waals surface area contributed by atoms with Crippen LogP contribution >= 0.6 is 0 Å². The number of carbonyl (C=O) groups excluding carboxylic acids is 2. The molecule has 1 amide bonds. The second kappa shape index (κ2) is 5.64. The largest absolute Gasteiger partial charge is 0.548 e. The number of hydrogen-bond acceptors (Lipinski definition) is 3. The van der Waals surface area contributed by atoms with Crippen LogP contribution in [0.4, 0.5) is 0 Å². The highest BCUT2D eigenvalue weighted by Gasteiger charge is 2.20. The lowest BCUT2D eigenvalue weighted by Crippen LogP contribution is -3.12. The minimum atomic E-state index is -1.26. The van der Waals surface area contributed by atoms with Crippen molar-refractivity contribution in [3.63, 3.8) is 0 Å². The van der Waals surface area contributed by atoms with Gasteiger partial charge in [-0.2, -0.15) is 0 Å². The van der Waals surface area contributed by atoms with E-state index in [1.807, 2.05) is 12.1 Å². The summed E-state index contributed by atoms with van der Waals surface area (Å²) in [5.41, 5.74) is 2.61. The van der Waals surface area contributed by atoms with Gasteiger partial charge in [0.15, 0.2) is 6.54 Å². The maximum Gasteiger partial charge on any atom is 0.275 e. The molecule has 1 unspecified atom stereocenters. The van der Waals surface area contributed by atoms with Crippen molar-refractivity contribution in [3.8, 4) is 0 Å². The predicted octanol–water partition coefficient (Wildman–Crippen LogP) is -2.51. The first kappa shape index (κ1) is 12.6. The number of carboxylic acids is 1. The van der Waals surface area contributed by atoms with E-state index in [1.165, 1.54) is 11.1 Å². The van der Waals surface area contributed by atoms with E-state index in [0.717, 1.165) is 24.4 Å². The molecule has 0 spiro atoms. The highest BCUT2D eigenvalue weighted by Crippen LogP contribution is 2.10. The van der Waals surface area contributed by atoms with Gasteiger partial charge in [0.05, 0.1) is 19.1 Å². The van der Waals surface area contributed by atoms with E-state index in [2.05, 4.69) is 17.4 Å². The van der Waals surface area contributed by atoms with Gasteiger partial charge in [0.1, 0.15) is 6.54 Å². The summed E-state index contributed by atoms with van der Waals surface area (Å²) in [7, 11) is 0. The van der Waals surface area contributed by atoms with Crippen LogP contribution in [0, 0.1) is 0 Å². The van der Waals surface area contributed by atoms with E-state index < -0.39 is 12.5 Å². The van der Waals surface area contributed by atoms with Crippen molar-refractivity contribution in [2.75, 3.05) is 19.6 Å². The van der Waals surface area contributed by atoms with Crippen LogP contribution in [0.1, 0.15) is 11.1 Å². The topological polar surface area (TPSA) is 73.7 Å². The third kappa shape index (κ3) is 3.30. The number of aliphatic carboxylic acids is 1. The molecule has 5 nitrogen and oxygen atoms in total. The summed E-state index contributed by atoms with van der Waals surface area (Å²) in [6.07, 6.45) is 0.958. The first-order valence-corrected chi connectivity index (χ1v) is 6.02. The lowest BCUT2D eigenvalue weighted by Gasteiger charge is -2.25. The van der Waals surface area contributed by atoms with Gasteiger partial charge in [-0.3, -0.25) is 4.79 Å². The standard InChI is InChI=1S/C13H16N2O3/c16-12(14-7-13(17)18)9-15-6-5-10-3-1-2-4-11(10)8-15/h1-4H,5-9H2,(H,14,16)(H,17,18). The van der Waals surface area contributed by atoms with E-state index in [4.69, 9.17) is 0 Å². The van der Waals surface area contributed by atoms with Crippen molar-refractivity contribution in [2.45, 2.75) is 13.0 Å². The molecule has 1 aliphatic rings.